The predicted molar refractivity (Wildman–Crippen MR) is 132 cm³/mol. The highest BCUT2D eigenvalue weighted by Gasteiger charge is 2.25. The van der Waals surface area contributed by atoms with E-state index in [1.807, 2.05) is 72.1 Å². The third kappa shape index (κ3) is 5.35. The molecule has 0 aliphatic carbocycles. The SMILES string of the molecule is Cc1ccc(C(CNC(=O)c2ccc(SCc3cn4ccccc4n3)cc2)N2CCOCC2)o1. The molecule has 4 aromatic rings. The minimum atomic E-state index is -0.0848. The van der Waals surface area contributed by atoms with Gasteiger partial charge in [0.15, 0.2) is 0 Å². The van der Waals surface area contributed by atoms with Crippen LogP contribution in [-0.4, -0.2) is 53.0 Å². The fourth-order valence-electron chi connectivity index (χ4n) is 4.14. The maximum absolute atomic E-state index is 12.9. The minimum Gasteiger partial charge on any atom is -0.465 e. The van der Waals surface area contributed by atoms with Crippen molar-refractivity contribution >= 4 is 23.3 Å². The number of imidazole rings is 1. The van der Waals surface area contributed by atoms with Gasteiger partial charge >= 0.3 is 0 Å². The smallest absolute Gasteiger partial charge is 0.251 e. The van der Waals surface area contributed by atoms with Crippen LogP contribution in [-0.2, 0) is 10.5 Å². The monoisotopic (exact) mass is 476 g/mol. The molecule has 1 atom stereocenters. The first kappa shape index (κ1) is 22.7. The standard InChI is InChI=1S/C26H28N4O3S/c1-19-5-10-24(33-19)23(29-12-14-32-15-13-29)16-27-26(31)20-6-8-22(9-7-20)34-18-21-17-30-11-3-2-4-25(30)28-21/h2-11,17,23H,12-16,18H2,1H3,(H,27,31). The van der Waals surface area contributed by atoms with Crippen molar-refractivity contribution in [1.82, 2.24) is 19.6 Å². The Hall–Kier alpha value is -3.07. The first-order valence-corrected chi connectivity index (χ1v) is 12.5. The third-order valence-electron chi connectivity index (χ3n) is 5.95. The second-order valence-corrected chi connectivity index (χ2v) is 9.38. The summed E-state index contributed by atoms with van der Waals surface area (Å²) < 4.78 is 13.4. The van der Waals surface area contributed by atoms with Crippen LogP contribution in [0.3, 0.4) is 0 Å². The van der Waals surface area contributed by atoms with E-state index in [2.05, 4.69) is 21.4 Å². The number of nitrogens with zero attached hydrogens (tertiary/aromatic N) is 3. The molecule has 1 N–H and O–H groups in total. The number of amides is 1. The maximum Gasteiger partial charge on any atom is 0.251 e. The van der Waals surface area contributed by atoms with Crippen LogP contribution >= 0.6 is 11.8 Å². The van der Waals surface area contributed by atoms with Gasteiger partial charge in [0, 0.05) is 48.2 Å². The van der Waals surface area contributed by atoms with Crippen LogP contribution in [0.1, 0.15) is 33.6 Å². The lowest BCUT2D eigenvalue weighted by Crippen LogP contribution is -2.43. The largest absolute Gasteiger partial charge is 0.465 e. The maximum atomic E-state index is 12.9. The van der Waals surface area contributed by atoms with Crippen molar-refractivity contribution in [3.05, 3.63) is 89.8 Å². The molecule has 0 bridgehead atoms. The Labute approximate surface area is 203 Å². The Morgan fingerprint density at radius 1 is 1.12 bits per heavy atom. The highest BCUT2D eigenvalue weighted by atomic mass is 32.2. The van der Waals surface area contributed by atoms with Crippen LogP contribution in [0.2, 0.25) is 0 Å². The third-order valence-corrected chi connectivity index (χ3v) is 6.99. The Bertz CT molecular complexity index is 1210. The zero-order chi connectivity index (χ0) is 23.3. The molecular formula is C26H28N4O3S. The average molecular weight is 477 g/mol. The molecule has 7 nitrogen and oxygen atoms in total. The summed E-state index contributed by atoms with van der Waals surface area (Å²) in [5.74, 6) is 2.44. The lowest BCUT2D eigenvalue weighted by molar-refractivity contribution is 0.0117. The molecule has 4 heterocycles. The second-order valence-electron chi connectivity index (χ2n) is 8.33. The lowest BCUT2D eigenvalue weighted by atomic mass is 10.1. The van der Waals surface area contributed by atoms with Crippen molar-refractivity contribution in [3.8, 4) is 0 Å². The van der Waals surface area contributed by atoms with Crippen LogP contribution in [0, 0.1) is 6.92 Å². The number of hydrogen-bond donors (Lipinski definition) is 1. The first-order valence-electron chi connectivity index (χ1n) is 11.5. The number of carbonyl (C=O) groups excluding carboxylic acids is 1. The zero-order valence-electron chi connectivity index (χ0n) is 19.1. The highest BCUT2D eigenvalue weighted by molar-refractivity contribution is 7.98. The molecule has 1 saturated heterocycles. The van der Waals surface area contributed by atoms with Gasteiger partial charge in [-0.3, -0.25) is 9.69 Å². The zero-order valence-corrected chi connectivity index (χ0v) is 20.0. The minimum absolute atomic E-state index is 0.0122. The number of aryl methyl sites for hydroxylation is 1. The number of thioether (sulfide) groups is 1. The van der Waals surface area contributed by atoms with E-state index in [0.29, 0.717) is 25.3 Å². The van der Waals surface area contributed by atoms with Crippen molar-refractivity contribution in [2.45, 2.75) is 23.6 Å². The number of ether oxygens (including phenoxy) is 1. The van der Waals surface area contributed by atoms with E-state index in [4.69, 9.17) is 9.15 Å². The molecule has 1 aliphatic heterocycles. The molecule has 1 unspecified atom stereocenters. The summed E-state index contributed by atoms with van der Waals surface area (Å²) >= 11 is 1.71. The fraction of sp³-hybridized carbons (Fsp3) is 0.308. The van der Waals surface area contributed by atoms with Crippen molar-refractivity contribution in [3.63, 3.8) is 0 Å². The van der Waals surface area contributed by atoms with Crippen molar-refractivity contribution < 1.29 is 13.9 Å². The number of carbonyl (C=O) groups is 1. The summed E-state index contributed by atoms with van der Waals surface area (Å²) in [6, 6.07) is 17.7. The summed E-state index contributed by atoms with van der Waals surface area (Å²) in [5, 5.41) is 3.10. The predicted octanol–water partition coefficient (Wildman–Crippen LogP) is 4.33. The van der Waals surface area contributed by atoms with E-state index in [9.17, 15) is 4.79 Å². The van der Waals surface area contributed by atoms with Gasteiger partial charge < -0.3 is 18.9 Å². The number of nitrogens with one attached hydrogen (secondary N) is 1. The number of hydrogen-bond acceptors (Lipinski definition) is 6. The summed E-state index contributed by atoms with van der Waals surface area (Å²) in [5.41, 5.74) is 2.62. The van der Waals surface area contributed by atoms with Gasteiger partial charge in [-0.2, -0.15) is 0 Å². The van der Waals surface area contributed by atoms with Crippen molar-refractivity contribution in [1.29, 1.82) is 0 Å². The van der Waals surface area contributed by atoms with Crippen molar-refractivity contribution in [2.24, 2.45) is 0 Å². The number of furan rings is 1. The van der Waals surface area contributed by atoms with E-state index in [-0.39, 0.29) is 11.9 Å². The number of aromatic nitrogens is 2. The van der Waals surface area contributed by atoms with E-state index < -0.39 is 0 Å². The van der Waals surface area contributed by atoms with E-state index in [0.717, 1.165) is 46.6 Å². The van der Waals surface area contributed by atoms with Crippen LogP contribution in [0.5, 0.6) is 0 Å². The molecule has 0 saturated carbocycles. The number of pyridine rings is 1. The molecular weight excluding hydrogens is 448 g/mol. The van der Waals surface area contributed by atoms with E-state index in [1.165, 1.54) is 0 Å². The lowest BCUT2D eigenvalue weighted by Gasteiger charge is -2.33. The van der Waals surface area contributed by atoms with Gasteiger partial charge in [0.05, 0.1) is 24.9 Å². The first-order chi connectivity index (χ1) is 16.7. The second kappa shape index (κ2) is 10.5. The van der Waals surface area contributed by atoms with Gasteiger partial charge in [-0.1, -0.05) is 6.07 Å². The quantitative estimate of drug-likeness (QED) is 0.382. The molecule has 1 aromatic carbocycles. The molecule has 5 rings (SSSR count). The molecule has 8 heteroatoms. The molecule has 0 radical (unpaired) electrons. The van der Waals surface area contributed by atoms with Crippen molar-refractivity contribution in [2.75, 3.05) is 32.8 Å². The number of rotatable bonds is 8. The van der Waals surface area contributed by atoms with Gasteiger partial charge in [0.2, 0.25) is 0 Å². The number of benzene rings is 1. The van der Waals surface area contributed by atoms with Gasteiger partial charge in [0.25, 0.3) is 5.91 Å². The molecule has 1 fully saturated rings. The van der Waals surface area contributed by atoms with Gasteiger partial charge in [-0.05, 0) is 55.5 Å². The summed E-state index contributed by atoms with van der Waals surface area (Å²) in [7, 11) is 0. The van der Waals surface area contributed by atoms with Gasteiger partial charge in [0.1, 0.15) is 17.2 Å². The van der Waals surface area contributed by atoms with Gasteiger partial charge in [-0.15, -0.1) is 11.8 Å². The summed E-state index contributed by atoms with van der Waals surface area (Å²) in [6.45, 7) is 5.44. The van der Waals surface area contributed by atoms with Gasteiger partial charge in [-0.25, -0.2) is 4.98 Å². The van der Waals surface area contributed by atoms with Crippen LogP contribution in [0.15, 0.2) is 76.3 Å². The number of fused-ring (bicyclic) bond motifs is 1. The van der Waals surface area contributed by atoms with Crippen LogP contribution in [0.4, 0.5) is 0 Å². The molecule has 0 spiro atoms. The van der Waals surface area contributed by atoms with Crippen LogP contribution < -0.4 is 5.32 Å². The Morgan fingerprint density at radius 2 is 1.94 bits per heavy atom. The molecule has 1 aliphatic rings. The molecule has 176 valence electrons. The highest BCUT2D eigenvalue weighted by Crippen LogP contribution is 2.25. The molecule has 3 aromatic heterocycles. The normalized spacial score (nSPS) is 15.4. The summed E-state index contributed by atoms with van der Waals surface area (Å²) in [4.78, 5) is 20.9. The average Bonchev–Trinajstić information content (AvgIpc) is 3.49. The Balaban J connectivity index is 1.18. The van der Waals surface area contributed by atoms with E-state index >= 15 is 0 Å². The topological polar surface area (TPSA) is 72.0 Å². The summed E-state index contributed by atoms with van der Waals surface area (Å²) in [6.07, 6.45) is 4.05. The Kier molecular flexibility index (Phi) is 6.99. The fourth-order valence-corrected chi connectivity index (χ4v) is 4.92. The van der Waals surface area contributed by atoms with Crippen LogP contribution in [0.25, 0.3) is 5.65 Å². The molecule has 34 heavy (non-hydrogen) atoms. The number of morpholine rings is 1. The molecule has 1 amide bonds. The Morgan fingerprint density at radius 3 is 2.68 bits per heavy atom. The van der Waals surface area contributed by atoms with E-state index in [1.54, 1.807) is 11.8 Å².